The third kappa shape index (κ3) is 5.48. The van der Waals surface area contributed by atoms with Crippen molar-refractivity contribution in [1.82, 2.24) is 19.6 Å². The summed E-state index contributed by atoms with van der Waals surface area (Å²) < 4.78 is 17.4. The Morgan fingerprint density at radius 3 is 2.74 bits per heavy atom. The Morgan fingerprint density at radius 2 is 1.94 bits per heavy atom. The second kappa shape index (κ2) is 9.28. The van der Waals surface area contributed by atoms with Crippen LogP contribution in [0.2, 0.25) is 5.02 Å². The van der Waals surface area contributed by atoms with Crippen LogP contribution >= 0.6 is 23.8 Å². The minimum atomic E-state index is -0.364. The van der Waals surface area contributed by atoms with E-state index in [0.717, 1.165) is 5.69 Å². The molecule has 0 spiro atoms. The first kappa shape index (κ1) is 21.0. The van der Waals surface area contributed by atoms with Crippen molar-refractivity contribution >= 4 is 40.4 Å². The number of rotatable bonds is 6. The molecule has 0 saturated carbocycles. The van der Waals surface area contributed by atoms with Crippen molar-refractivity contribution in [2.24, 2.45) is 0 Å². The van der Waals surface area contributed by atoms with Gasteiger partial charge < -0.3 is 10.6 Å². The molecule has 4 rings (SSSR count). The van der Waals surface area contributed by atoms with Crippen LogP contribution in [-0.4, -0.2) is 24.7 Å². The molecule has 2 N–H and O–H groups in total. The van der Waals surface area contributed by atoms with Gasteiger partial charge in [0.25, 0.3) is 0 Å². The second-order valence-electron chi connectivity index (χ2n) is 7.09. The summed E-state index contributed by atoms with van der Waals surface area (Å²) in [5.74, 6) is 0.175. The van der Waals surface area contributed by atoms with E-state index in [-0.39, 0.29) is 12.4 Å². The van der Waals surface area contributed by atoms with Crippen LogP contribution < -0.4 is 10.6 Å². The molecule has 0 unspecified atom stereocenters. The Balaban J connectivity index is 1.34. The molecule has 9 heteroatoms. The Labute approximate surface area is 189 Å². The molecule has 0 fully saturated rings. The largest absolute Gasteiger partial charge is 0.330 e. The second-order valence-corrected chi connectivity index (χ2v) is 7.91. The molecule has 2 aromatic heterocycles. The van der Waals surface area contributed by atoms with Crippen LogP contribution in [0.5, 0.6) is 0 Å². The van der Waals surface area contributed by atoms with Gasteiger partial charge in [0, 0.05) is 29.0 Å². The summed E-state index contributed by atoms with van der Waals surface area (Å²) in [7, 11) is 0. The lowest BCUT2D eigenvalue weighted by Crippen LogP contribution is -2.19. The van der Waals surface area contributed by atoms with Crippen LogP contribution in [0.25, 0.3) is 0 Å². The smallest absolute Gasteiger partial charge is 0.176 e. The minimum Gasteiger partial charge on any atom is -0.330 e. The summed E-state index contributed by atoms with van der Waals surface area (Å²) in [6.07, 6.45) is 5.32. The average Bonchev–Trinajstić information content (AvgIpc) is 3.34. The Morgan fingerprint density at radius 1 is 1.10 bits per heavy atom. The molecule has 0 radical (unpaired) electrons. The number of aryl methyl sites for hydroxylation is 1. The van der Waals surface area contributed by atoms with Gasteiger partial charge in [-0.05, 0) is 36.8 Å². The van der Waals surface area contributed by atoms with Gasteiger partial charge in [0.1, 0.15) is 5.82 Å². The van der Waals surface area contributed by atoms with Crippen molar-refractivity contribution in [3.05, 3.63) is 94.7 Å². The fraction of sp³-hybridized carbons (Fsp3) is 0.136. The molecule has 0 bridgehead atoms. The quantitative estimate of drug-likeness (QED) is 0.397. The first-order chi connectivity index (χ1) is 15.0. The SMILES string of the molecule is Cc1cccc(Cn2cc(NC(=S)Nc3ccn(Cc4c(F)cccc4Cl)n3)cn2)c1. The van der Waals surface area contributed by atoms with E-state index in [4.69, 9.17) is 23.8 Å². The summed E-state index contributed by atoms with van der Waals surface area (Å²) in [5.41, 5.74) is 3.55. The van der Waals surface area contributed by atoms with Crippen molar-refractivity contribution in [1.29, 1.82) is 0 Å². The topological polar surface area (TPSA) is 59.7 Å². The highest BCUT2D eigenvalue weighted by Crippen LogP contribution is 2.20. The van der Waals surface area contributed by atoms with E-state index in [0.29, 0.717) is 28.1 Å². The highest BCUT2D eigenvalue weighted by atomic mass is 35.5. The molecule has 0 aliphatic carbocycles. The summed E-state index contributed by atoms with van der Waals surface area (Å²) >= 11 is 11.5. The zero-order chi connectivity index (χ0) is 21.8. The molecule has 158 valence electrons. The van der Waals surface area contributed by atoms with Crippen LogP contribution in [0.4, 0.5) is 15.9 Å². The van der Waals surface area contributed by atoms with Crippen molar-refractivity contribution in [3.8, 4) is 0 Å². The molecule has 0 aliphatic heterocycles. The zero-order valence-corrected chi connectivity index (χ0v) is 18.3. The molecular formula is C22H20ClFN6S. The van der Waals surface area contributed by atoms with Gasteiger partial charge in [0.05, 0.1) is 25.0 Å². The van der Waals surface area contributed by atoms with Gasteiger partial charge in [0.2, 0.25) is 0 Å². The van der Waals surface area contributed by atoms with E-state index in [1.54, 1.807) is 35.3 Å². The molecule has 4 aromatic rings. The third-order valence-corrected chi connectivity index (χ3v) is 5.14. The molecule has 6 nitrogen and oxygen atoms in total. The van der Waals surface area contributed by atoms with Crippen molar-refractivity contribution in [2.45, 2.75) is 20.0 Å². The summed E-state index contributed by atoms with van der Waals surface area (Å²) in [6.45, 7) is 2.96. The van der Waals surface area contributed by atoms with Crippen molar-refractivity contribution in [3.63, 3.8) is 0 Å². The molecule has 31 heavy (non-hydrogen) atoms. The zero-order valence-electron chi connectivity index (χ0n) is 16.7. The third-order valence-electron chi connectivity index (χ3n) is 4.58. The number of thiocarbonyl (C=S) groups is 1. The summed E-state index contributed by atoms with van der Waals surface area (Å²) in [6, 6.07) is 14.7. The predicted octanol–water partition coefficient (Wildman–Crippen LogP) is 5.09. The fourth-order valence-electron chi connectivity index (χ4n) is 3.15. The monoisotopic (exact) mass is 454 g/mol. The van der Waals surface area contributed by atoms with Crippen molar-refractivity contribution in [2.75, 3.05) is 10.6 Å². The Bertz CT molecular complexity index is 1200. The van der Waals surface area contributed by atoms with Gasteiger partial charge in [-0.3, -0.25) is 9.36 Å². The van der Waals surface area contributed by atoms with Crippen molar-refractivity contribution < 1.29 is 4.39 Å². The summed E-state index contributed by atoms with van der Waals surface area (Å²) in [4.78, 5) is 0. The van der Waals surface area contributed by atoms with E-state index in [1.807, 2.05) is 16.9 Å². The van der Waals surface area contributed by atoms with E-state index in [1.165, 1.54) is 17.2 Å². The van der Waals surface area contributed by atoms with Gasteiger partial charge in [-0.15, -0.1) is 0 Å². The van der Waals surface area contributed by atoms with Crippen LogP contribution in [-0.2, 0) is 13.1 Å². The van der Waals surface area contributed by atoms with Gasteiger partial charge in [-0.1, -0.05) is 47.5 Å². The number of hydrogen-bond acceptors (Lipinski definition) is 3. The molecular weight excluding hydrogens is 435 g/mol. The normalized spacial score (nSPS) is 10.8. The maximum atomic E-state index is 14.0. The molecule has 0 atom stereocenters. The number of halogens is 2. The Kier molecular flexibility index (Phi) is 6.29. The summed E-state index contributed by atoms with van der Waals surface area (Å²) in [5, 5.41) is 15.6. The first-order valence-electron chi connectivity index (χ1n) is 9.58. The van der Waals surface area contributed by atoms with Crippen LogP contribution in [0.3, 0.4) is 0 Å². The van der Waals surface area contributed by atoms with E-state index < -0.39 is 0 Å². The minimum absolute atomic E-state index is 0.221. The number of nitrogens with zero attached hydrogens (tertiary/aromatic N) is 4. The van der Waals surface area contributed by atoms with Gasteiger partial charge in [0.15, 0.2) is 10.9 Å². The number of benzene rings is 2. The standard InChI is InChI=1S/C22H20ClFN6S/c1-15-4-2-5-16(10-15)12-30-13-17(11-25-30)26-22(31)27-21-8-9-29(28-21)14-18-19(23)6-3-7-20(18)24/h2-11,13H,12,14H2,1H3,(H2,26,27,28,31). The Hall–Kier alpha value is -3.23. The molecule has 2 heterocycles. The lowest BCUT2D eigenvalue weighted by atomic mass is 10.1. The van der Waals surface area contributed by atoms with E-state index >= 15 is 0 Å². The maximum absolute atomic E-state index is 14.0. The first-order valence-corrected chi connectivity index (χ1v) is 10.4. The lowest BCUT2D eigenvalue weighted by molar-refractivity contribution is 0.586. The van der Waals surface area contributed by atoms with Gasteiger partial charge >= 0.3 is 0 Å². The van der Waals surface area contributed by atoms with Crippen LogP contribution in [0.15, 0.2) is 67.1 Å². The number of nitrogens with one attached hydrogen (secondary N) is 2. The van der Waals surface area contributed by atoms with Gasteiger partial charge in [-0.2, -0.15) is 10.2 Å². The average molecular weight is 455 g/mol. The molecule has 0 saturated heterocycles. The van der Waals surface area contributed by atoms with Crippen LogP contribution in [0.1, 0.15) is 16.7 Å². The predicted molar refractivity (Wildman–Crippen MR) is 125 cm³/mol. The molecule has 0 aliphatic rings. The lowest BCUT2D eigenvalue weighted by Gasteiger charge is -2.07. The highest BCUT2D eigenvalue weighted by molar-refractivity contribution is 7.80. The number of anilines is 2. The van der Waals surface area contributed by atoms with E-state index in [9.17, 15) is 4.39 Å². The van der Waals surface area contributed by atoms with Gasteiger partial charge in [-0.25, -0.2) is 4.39 Å². The van der Waals surface area contributed by atoms with Crippen LogP contribution in [0, 0.1) is 12.7 Å². The maximum Gasteiger partial charge on any atom is 0.176 e. The molecule has 0 amide bonds. The number of aromatic nitrogens is 4. The van der Waals surface area contributed by atoms with E-state index in [2.05, 4.69) is 46.0 Å². The molecule has 2 aromatic carbocycles. The fourth-order valence-corrected chi connectivity index (χ4v) is 3.60. The number of hydrogen-bond donors (Lipinski definition) is 2. The highest BCUT2D eigenvalue weighted by Gasteiger charge is 2.10.